The van der Waals surface area contributed by atoms with E-state index in [0.29, 0.717) is 5.92 Å². The van der Waals surface area contributed by atoms with Crippen LogP contribution in [0.2, 0.25) is 0 Å². The number of nitrogens with one attached hydrogen (secondary N) is 1. The summed E-state index contributed by atoms with van der Waals surface area (Å²) in [5.41, 5.74) is 4.10. The van der Waals surface area contributed by atoms with E-state index in [4.69, 9.17) is 4.74 Å². The SMILES string of the molecule is CC(C)COc1ccccc1C(C)NCc1ccc(C(C)(C)C)cc1. The molecule has 2 aromatic rings. The molecule has 0 saturated carbocycles. The molecule has 0 aliphatic rings. The third-order valence-corrected chi connectivity index (χ3v) is 4.39. The van der Waals surface area contributed by atoms with E-state index in [2.05, 4.69) is 89.3 Å². The fourth-order valence-electron chi connectivity index (χ4n) is 2.73. The second-order valence-corrected chi connectivity index (χ2v) is 8.29. The molecule has 2 rings (SSSR count). The Bertz CT molecular complexity index is 653. The minimum absolute atomic E-state index is 0.200. The molecule has 0 bridgehead atoms. The Morgan fingerprint density at radius 3 is 2.16 bits per heavy atom. The Kier molecular flexibility index (Phi) is 6.66. The van der Waals surface area contributed by atoms with E-state index < -0.39 is 0 Å². The molecule has 2 aromatic carbocycles. The Balaban J connectivity index is 1.99. The fraction of sp³-hybridized carbons (Fsp3) is 0.478. The van der Waals surface area contributed by atoms with Crippen LogP contribution in [-0.2, 0) is 12.0 Å². The number of hydrogen-bond donors (Lipinski definition) is 1. The molecule has 0 aliphatic heterocycles. The number of benzene rings is 2. The van der Waals surface area contributed by atoms with Crippen LogP contribution in [0.3, 0.4) is 0 Å². The number of rotatable bonds is 7. The van der Waals surface area contributed by atoms with E-state index in [9.17, 15) is 0 Å². The molecule has 0 heterocycles. The Labute approximate surface area is 153 Å². The lowest BCUT2D eigenvalue weighted by molar-refractivity contribution is 0.266. The predicted molar refractivity (Wildman–Crippen MR) is 107 cm³/mol. The van der Waals surface area contributed by atoms with Crippen molar-refractivity contribution in [3.8, 4) is 5.75 Å². The molecule has 1 atom stereocenters. The highest BCUT2D eigenvalue weighted by molar-refractivity contribution is 5.36. The maximum Gasteiger partial charge on any atom is 0.124 e. The van der Waals surface area contributed by atoms with E-state index >= 15 is 0 Å². The highest BCUT2D eigenvalue weighted by atomic mass is 16.5. The van der Waals surface area contributed by atoms with Gasteiger partial charge in [-0.2, -0.15) is 0 Å². The number of ether oxygens (including phenoxy) is 1. The zero-order valence-electron chi connectivity index (χ0n) is 16.6. The molecule has 0 amide bonds. The van der Waals surface area contributed by atoms with Gasteiger partial charge in [0.15, 0.2) is 0 Å². The lowest BCUT2D eigenvalue weighted by atomic mass is 9.87. The monoisotopic (exact) mass is 339 g/mol. The molecule has 0 saturated heterocycles. The van der Waals surface area contributed by atoms with Crippen molar-refractivity contribution in [3.63, 3.8) is 0 Å². The first kappa shape index (κ1) is 19.5. The third kappa shape index (κ3) is 5.89. The highest BCUT2D eigenvalue weighted by Gasteiger charge is 2.14. The highest BCUT2D eigenvalue weighted by Crippen LogP contribution is 2.26. The topological polar surface area (TPSA) is 21.3 Å². The van der Waals surface area contributed by atoms with E-state index in [1.807, 2.05) is 6.07 Å². The van der Waals surface area contributed by atoms with Crippen LogP contribution in [0.15, 0.2) is 48.5 Å². The van der Waals surface area contributed by atoms with Crippen LogP contribution in [0.1, 0.15) is 64.3 Å². The van der Waals surface area contributed by atoms with Crippen molar-refractivity contribution in [1.29, 1.82) is 0 Å². The average Bonchev–Trinajstić information content (AvgIpc) is 2.57. The standard InChI is InChI=1S/C23H33NO/c1-17(2)16-25-22-10-8-7-9-21(22)18(3)24-15-19-11-13-20(14-12-19)23(4,5)6/h7-14,17-18,24H,15-16H2,1-6H3. The van der Waals surface area contributed by atoms with Crippen LogP contribution in [0, 0.1) is 5.92 Å². The number of hydrogen-bond acceptors (Lipinski definition) is 2. The summed E-state index contributed by atoms with van der Waals surface area (Å²) >= 11 is 0. The van der Waals surface area contributed by atoms with Gasteiger partial charge in [-0.05, 0) is 35.4 Å². The molecule has 25 heavy (non-hydrogen) atoms. The minimum Gasteiger partial charge on any atom is -0.493 e. The predicted octanol–water partition coefficient (Wildman–Crippen LogP) is 5.87. The summed E-state index contributed by atoms with van der Waals surface area (Å²) in [5, 5.41) is 3.62. The van der Waals surface area contributed by atoms with Crippen LogP contribution >= 0.6 is 0 Å². The third-order valence-electron chi connectivity index (χ3n) is 4.39. The molecule has 0 radical (unpaired) electrons. The van der Waals surface area contributed by atoms with Gasteiger partial charge >= 0.3 is 0 Å². The van der Waals surface area contributed by atoms with E-state index in [1.54, 1.807) is 0 Å². The van der Waals surface area contributed by atoms with Gasteiger partial charge in [-0.3, -0.25) is 0 Å². The first-order valence-corrected chi connectivity index (χ1v) is 9.32. The van der Waals surface area contributed by atoms with E-state index in [0.717, 1.165) is 18.9 Å². The van der Waals surface area contributed by atoms with Gasteiger partial charge in [0.05, 0.1) is 6.61 Å². The van der Waals surface area contributed by atoms with Crippen LogP contribution < -0.4 is 10.1 Å². The molecule has 0 aromatic heterocycles. The lowest BCUT2D eigenvalue weighted by Gasteiger charge is -2.21. The Morgan fingerprint density at radius 1 is 0.920 bits per heavy atom. The minimum atomic E-state index is 0.200. The summed E-state index contributed by atoms with van der Waals surface area (Å²) in [6.07, 6.45) is 0. The average molecular weight is 340 g/mol. The molecule has 2 nitrogen and oxygen atoms in total. The Hall–Kier alpha value is -1.80. The second kappa shape index (κ2) is 8.53. The molecule has 0 aliphatic carbocycles. The van der Waals surface area contributed by atoms with Gasteiger partial charge in [0.1, 0.15) is 5.75 Å². The van der Waals surface area contributed by atoms with Gasteiger partial charge in [-0.1, -0.05) is 77.1 Å². The van der Waals surface area contributed by atoms with Crippen LogP contribution in [0.25, 0.3) is 0 Å². The summed E-state index contributed by atoms with van der Waals surface area (Å²) in [6.45, 7) is 14.9. The van der Waals surface area contributed by atoms with Gasteiger partial charge in [0, 0.05) is 18.2 Å². The maximum atomic E-state index is 5.98. The second-order valence-electron chi connectivity index (χ2n) is 8.29. The number of para-hydroxylation sites is 1. The van der Waals surface area contributed by atoms with Gasteiger partial charge in [-0.15, -0.1) is 0 Å². The summed E-state index contributed by atoms with van der Waals surface area (Å²) in [6, 6.07) is 17.5. The van der Waals surface area contributed by atoms with E-state index in [-0.39, 0.29) is 11.5 Å². The van der Waals surface area contributed by atoms with Crippen molar-refractivity contribution in [2.75, 3.05) is 6.61 Å². The lowest BCUT2D eigenvalue weighted by Crippen LogP contribution is -2.19. The molecule has 1 unspecified atom stereocenters. The molecular weight excluding hydrogens is 306 g/mol. The van der Waals surface area contributed by atoms with Crippen molar-refractivity contribution < 1.29 is 4.74 Å². The molecule has 136 valence electrons. The summed E-state index contributed by atoms with van der Waals surface area (Å²) in [5.74, 6) is 1.51. The quantitative estimate of drug-likeness (QED) is 0.681. The molecular formula is C23H33NO. The summed E-state index contributed by atoms with van der Waals surface area (Å²) in [4.78, 5) is 0. The summed E-state index contributed by atoms with van der Waals surface area (Å²) in [7, 11) is 0. The maximum absolute atomic E-state index is 5.98. The smallest absolute Gasteiger partial charge is 0.124 e. The first-order valence-electron chi connectivity index (χ1n) is 9.32. The van der Waals surface area contributed by atoms with Crippen molar-refractivity contribution in [2.45, 2.75) is 59.5 Å². The molecule has 2 heteroatoms. The van der Waals surface area contributed by atoms with Crippen molar-refractivity contribution in [1.82, 2.24) is 5.32 Å². The van der Waals surface area contributed by atoms with Gasteiger partial charge in [-0.25, -0.2) is 0 Å². The van der Waals surface area contributed by atoms with Gasteiger partial charge in [0.25, 0.3) is 0 Å². The summed E-state index contributed by atoms with van der Waals surface area (Å²) < 4.78 is 5.98. The molecule has 1 N–H and O–H groups in total. The molecule has 0 spiro atoms. The van der Waals surface area contributed by atoms with Gasteiger partial charge in [0.2, 0.25) is 0 Å². The first-order chi connectivity index (χ1) is 11.8. The van der Waals surface area contributed by atoms with Gasteiger partial charge < -0.3 is 10.1 Å². The van der Waals surface area contributed by atoms with Crippen molar-refractivity contribution in [2.24, 2.45) is 5.92 Å². The van der Waals surface area contributed by atoms with Crippen molar-refractivity contribution in [3.05, 3.63) is 65.2 Å². The van der Waals surface area contributed by atoms with Crippen LogP contribution in [-0.4, -0.2) is 6.61 Å². The van der Waals surface area contributed by atoms with E-state index in [1.165, 1.54) is 16.7 Å². The normalized spacial score (nSPS) is 13.1. The zero-order chi connectivity index (χ0) is 18.4. The largest absolute Gasteiger partial charge is 0.493 e. The Morgan fingerprint density at radius 2 is 1.56 bits per heavy atom. The van der Waals surface area contributed by atoms with Crippen molar-refractivity contribution >= 4 is 0 Å². The fourth-order valence-corrected chi connectivity index (χ4v) is 2.73. The van der Waals surface area contributed by atoms with Crippen LogP contribution in [0.5, 0.6) is 5.75 Å². The van der Waals surface area contributed by atoms with Crippen LogP contribution in [0.4, 0.5) is 0 Å². The molecule has 0 fully saturated rings. The zero-order valence-corrected chi connectivity index (χ0v) is 16.6.